The molecule has 84 valence electrons. The van der Waals surface area contributed by atoms with Gasteiger partial charge in [-0.15, -0.1) is 0 Å². The van der Waals surface area contributed by atoms with Crippen molar-refractivity contribution in [3.05, 3.63) is 42.3 Å². The summed E-state index contributed by atoms with van der Waals surface area (Å²) >= 11 is 0. The summed E-state index contributed by atoms with van der Waals surface area (Å²) in [4.78, 5) is 7.97. The van der Waals surface area contributed by atoms with Crippen molar-refractivity contribution < 1.29 is 8.81 Å². The van der Waals surface area contributed by atoms with Crippen LogP contribution in [-0.4, -0.2) is 9.97 Å². The van der Waals surface area contributed by atoms with E-state index in [0.29, 0.717) is 22.8 Å². The monoisotopic (exact) mass is 229 g/mol. The van der Waals surface area contributed by atoms with Crippen LogP contribution in [0.2, 0.25) is 0 Å². The van der Waals surface area contributed by atoms with Gasteiger partial charge in [-0.1, -0.05) is 6.07 Å². The molecule has 0 fully saturated rings. The van der Waals surface area contributed by atoms with Crippen LogP contribution in [0.15, 0.2) is 40.9 Å². The van der Waals surface area contributed by atoms with Gasteiger partial charge in [-0.2, -0.15) is 0 Å². The lowest BCUT2D eigenvalue weighted by Gasteiger charge is -1.95. The van der Waals surface area contributed by atoms with E-state index in [-0.39, 0.29) is 0 Å². The lowest BCUT2D eigenvalue weighted by Crippen LogP contribution is -1.84. The highest BCUT2D eigenvalue weighted by Gasteiger charge is 2.09. The van der Waals surface area contributed by atoms with Crippen molar-refractivity contribution in [2.75, 3.05) is 5.73 Å². The molecule has 1 aromatic carbocycles. The van der Waals surface area contributed by atoms with Crippen LogP contribution in [0.25, 0.3) is 22.7 Å². The zero-order valence-corrected chi connectivity index (χ0v) is 8.72. The first-order valence-electron chi connectivity index (χ1n) is 5.00. The minimum atomic E-state index is -0.440. The third kappa shape index (κ3) is 1.71. The molecule has 3 aromatic rings. The quantitative estimate of drug-likeness (QED) is 0.651. The van der Waals surface area contributed by atoms with E-state index in [0.717, 1.165) is 11.8 Å². The lowest BCUT2D eigenvalue weighted by molar-refractivity contribution is 0.597. The van der Waals surface area contributed by atoms with E-state index in [1.807, 2.05) is 6.07 Å². The number of nitrogen functional groups attached to an aromatic ring is 1. The van der Waals surface area contributed by atoms with Crippen LogP contribution in [0.3, 0.4) is 0 Å². The van der Waals surface area contributed by atoms with E-state index in [1.54, 1.807) is 18.2 Å². The van der Waals surface area contributed by atoms with Crippen LogP contribution in [0, 0.1) is 5.82 Å². The topological polar surface area (TPSA) is 64.9 Å². The number of hydrogen-bond acceptors (Lipinski definition) is 4. The molecule has 0 saturated heterocycles. The normalized spacial score (nSPS) is 10.9. The van der Waals surface area contributed by atoms with Crippen molar-refractivity contribution in [3.63, 3.8) is 0 Å². The summed E-state index contributed by atoms with van der Waals surface area (Å²) in [5.74, 6) is -0.0599. The molecule has 3 rings (SSSR count). The van der Waals surface area contributed by atoms with Crippen LogP contribution >= 0.6 is 0 Å². The maximum absolute atomic E-state index is 12.9. The minimum Gasteiger partial charge on any atom is -0.418 e. The molecule has 0 atom stereocenters. The SMILES string of the molecule is Nc1cccc(-c2nc3cc(F)cnc3o2)c1. The van der Waals surface area contributed by atoms with Crippen molar-refractivity contribution in [3.8, 4) is 11.5 Å². The predicted molar refractivity (Wildman–Crippen MR) is 61.6 cm³/mol. The van der Waals surface area contributed by atoms with E-state index in [9.17, 15) is 4.39 Å². The van der Waals surface area contributed by atoms with Crippen molar-refractivity contribution in [1.29, 1.82) is 0 Å². The average molecular weight is 229 g/mol. The van der Waals surface area contributed by atoms with E-state index in [4.69, 9.17) is 10.2 Å². The number of anilines is 1. The molecule has 0 unspecified atom stereocenters. The zero-order valence-electron chi connectivity index (χ0n) is 8.72. The molecule has 5 heteroatoms. The van der Waals surface area contributed by atoms with Gasteiger partial charge in [-0.05, 0) is 18.2 Å². The Labute approximate surface area is 95.9 Å². The molecule has 0 radical (unpaired) electrons. The molecule has 0 bridgehead atoms. The Balaban J connectivity index is 2.18. The number of oxazole rings is 1. The molecule has 2 N–H and O–H groups in total. The summed E-state index contributed by atoms with van der Waals surface area (Å²) in [5, 5.41) is 0. The second-order valence-electron chi connectivity index (χ2n) is 3.62. The largest absolute Gasteiger partial charge is 0.418 e. The molecular formula is C12H8FN3O. The van der Waals surface area contributed by atoms with Crippen molar-refractivity contribution in [1.82, 2.24) is 9.97 Å². The van der Waals surface area contributed by atoms with Gasteiger partial charge in [0.1, 0.15) is 11.3 Å². The van der Waals surface area contributed by atoms with Gasteiger partial charge in [-0.25, -0.2) is 14.4 Å². The molecule has 0 amide bonds. The molecule has 17 heavy (non-hydrogen) atoms. The Hall–Kier alpha value is -2.43. The molecular weight excluding hydrogens is 221 g/mol. The second-order valence-corrected chi connectivity index (χ2v) is 3.62. The third-order valence-electron chi connectivity index (χ3n) is 2.35. The molecule has 0 aliphatic heterocycles. The van der Waals surface area contributed by atoms with Crippen LogP contribution in [-0.2, 0) is 0 Å². The molecule has 4 nitrogen and oxygen atoms in total. The molecule has 0 aliphatic carbocycles. The first-order chi connectivity index (χ1) is 8.22. The molecule has 0 aliphatic rings. The number of aromatic nitrogens is 2. The summed E-state index contributed by atoms with van der Waals surface area (Å²) < 4.78 is 18.4. The molecule has 0 spiro atoms. The number of halogens is 1. The number of benzene rings is 1. The van der Waals surface area contributed by atoms with E-state index in [2.05, 4.69) is 9.97 Å². The van der Waals surface area contributed by atoms with Gasteiger partial charge in [0.2, 0.25) is 11.6 Å². The number of hydrogen-bond donors (Lipinski definition) is 1. The van der Waals surface area contributed by atoms with Crippen LogP contribution < -0.4 is 5.73 Å². The Kier molecular flexibility index (Phi) is 2.04. The molecule has 2 heterocycles. The highest BCUT2D eigenvalue weighted by atomic mass is 19.1. The molecule has 0 saturated carbocycles. The minimum absolute atomic E-state index is 0.309. The maximum Gasteiger partial charge on any atom is 0.247 e. The summed E-state index contributed by atoms with van der Waals surface area (Å²) in [6.07, 6.45) is 1.09. The Morgan fingerprint density at radius 2 is 2.12 bits per heavy atom. The predicted octanol–water partition coefficient (Wildman–Crippen LogP) is 2.61. The van der Waals surface area contributed by atoms with Crippen molar-refractivity contribution >= 4 is 16.9 Å². The fourth-order valence-corrected chi connectivity index (χ4v) is 1.59. The fourth-order valence-electron chi connectivity index (χ4n) is 1.59. The van der Waals surface area contributed by atoms with Gasteiger partial charge in [0, 0.05) is 17.3 Å². The maximum atomic E-state index is 12.9. The Morgan fingerprint density at radius 3 is 2.94 bits per heavy atom. The van der Waals surface area contributed by atoms with Gasteiger partial charge >= 0.3 is 0 Å². The highest BCUT2D eigenvalue weighted by Crippen LogP contribution is 2.24. The smallest absolute Gasteiger partial charge is 0.247 e. The molecule has 2 aromatic heterocycles. The van der Waals surface area contributed by atoms with E-state index in [1.165, 1.54) is 6.07 Å². The number of pyridine rings is 1. The van der Waals surface area contributed by atoms with Gasteiger partial charge in [0.25, 0.3) is 0 Å². The summed E-state index contributed by atoms with van der Waals surface area (Å²) in [7, 11) is 0. The van der Waals surface area contributed by atoms with Crippen LogP contribution in [0.1, 0.15) is 0 Å². The zero-order chi connectivity index (χ0) is 11.8. The van der Waals surface area contributed by atoms with Crippen molar-refractivity contribution in [2.45, 2.75) is 0 Å². The lowest BCUT2D eigenvalue weighted by atomic mass is 10.2. The van der Waals surface area contributed by atoms with E-state index >= 15 is 0 Å². The van der Waals surface area contributed by atoms with Crippen LogP contribution in [0.4, 0.5) is 10.1 Å². The van der Waals surface area contributed by atoms with Crippen LogP contribution in [0.5, 0.6) is 0 Å². The first kappa shape index (κ1) is 9.77. The fraction of sp³-hybridized carbons (Fsp3) is 0. The Morgan fingerprint density at radius 1 is 1.24 bits per heavy atom. The van der Waals surface area contributed by atoms with Gasteiger partial charge in [0.05, 0.1) is 6.20 Å². The van der Waals surface area contributed by atoms with Gasteiger partial charge in [0.15, 0.2) is 0 Å². The number of fused-ring (bicyclic) bond motifs is 1. The number of rotatable bonds is 1. The second kappa shape index (κ2) is 3.55. The number of nitrogens with two attached hydrogens (primary N) is 1. The summed E-state index contributed by atoms with van der Waals surface area (Å²) in [5.41, 5.74) is 7.72. The Bertz CT molecular complexity index is 693. The standard InChI is InChI=1S/C12H8FN3O/c13-8-5-10-12(15-6-8)17-11(16-10)7-2-1-3-9(14)4-7/h1-6H,14H2. The third-order valence-corrected chi connectivity index (χ3v) is 2.35. The van der Waals surface area contributed by atoms with Gasteiger partial charge in [-0.3, -0.25) is 0 Å². The van der Waals surface area contributed by atoms with E-state index < -0.39 is 5.82 Å². The van der Waals surface area contributed by atoms with Crippen molar-refractivity contribution in [2.24, 2.45) is 0 Å². The average Bonchev–Trinajstić information content (AvgIpc) is 2.72. The van der Waals surface area contributed by atoms with Gasteiger partial charge < -0.3 is 10.2 Å². The number of nitrogens with zero attached hydrogens (tertiary/aromatic N) is 2. The summed E-state index contributed by atoms with van der Waals surface area (Å²) in [6.45, 7) is 0. The highest BCUT2D eigenvalue weighted by molar-refractivity contribution is 5.73. The summed E-state index contributed by atoms with van der Waals surface area (Å²) in [6, 6.07) is 8.40. The first-order valence-corrected chi connectivity index (χ1v) is 5.00.